The number of hydrogen-bond acceptors (Lipinski definition) is 4. The number of aromatic nitrogens is 2. The lowest BCUT2D eigenvalue weighted by molar-refractivity contribution is 0.0667. The number of nitrogens with zero attached hydrogens (tertiary/aromatic N) is 3. The molecule has 2 aromatic carbocycles. The smallest absolute Gasteiger partial charge is 0.255 e. The van der Waals surface area contributed by atoms with E-state index in [9.17, 15) is 9.18 Å². The van der Waals surface area contributed by atoms with Crippen molar-refractivity contribution in [1.29, 1.82) is 0 Å². The zero-order valence-electron chi connectivity index (χ0n) is 15.1. The molecule has 1 unspecified atom stereocenters. The third-order valence-corrected chi connectivity index (χ3v) is 5.65. The van der Waals surface area contributed by atoms with Gasteiger partial charge in [-0.15, -0.1) is 0 Å². The highest BCUT2D eigenvalue weighted by Crippen LogP contribution is 2.25. The van der Waals surface area contributed by atoms with Gasteiger partial charge in [0.25, 0.3) is 5.91 Å². The molecule has 1 aliphatic rings. The Morgan fingerprint density at radius 3 is 2.82 bits per heavy atom. The van der Waals surface area contributed by atoms with E-state index in [-0.39, 0.29) is 23.5 Å². The summed E-state index contributed by atoms with van der Waals surface area (Å²) in [6.45, 7) is 1.37. The Morgan fingerprint density at radius 2 is 2.00 bits per heavy atom. The summed E-state index contributed by atoms with van der Waals surface area (Å²) < 4.78 is 20.0. The average molecular weight is 444 g/mol. The highest BCUT2D eigenvalue weighted by molar-refractivity contribution is 9.10. The number of piperidine rings is 1. The Balaban J connectivity index is 1.44. The minimum absolute atomic E-state index is 0.0229. The molecule has 1 saturated heterocycles. The number of hydrogen-bond donors (Lipinski definition) is 0. The summed E-state index contributed by atoms with van der Waals surface area (Å²) in [7, 11) is 0. The van der Waals surface area contributed by atoms with Gasteiger partial charge in [0, 0.05) is 24.0 Å². The molecule has 1 aromatic heterocycles. The van der Waals surface area contributed by atoms with Gasteiger partial charge in [-0.1, -0.05) is 29.4 Å². The van der Waals surface area contributed by atoms with Crippen LogP contribution in [-0.2, 0) is 6.42 Å². The second-order valence-corrected chi connectivity index (χ2v) is 7.79. The van der Waals surface area contributed by atoms with E-state index in [1.165, 1.54) is 6.07 Å². The Bertz CT molecular complexity index is 991. The summed E-state index contributed by atoms with van der Waals surface area (Å²) in [6, 6.07) is 13.8. The summed E-state index contributed by atoms with van der Waals surface area (Å²) in [5, 5.41) is 3.91. The van der Waals surface area contributed by atoms with Crippen LogP contribution in [0.2, 0.25) is 0 Å². The summed E-state index contributed by atoms with van der Waals surface area (Å²) in [5.74, 6) is 0.602. The average Bonchev–Trinajstić information content (AvgIpc) is 3.16. The van der Waals surface area contributed by atoms with Crippen LogP contribution in [-0.4, -0.2) is 34.0 Å². The summed E-state index contributed by atoms with van der Waals surface area (Å²) >= 11 is 3.45. The normalized spacial score (nSPS) is 16.9. The van der Waals surface area contributed by atoms with Gasteiger partial charge in [-0.2, -0.15) is 4.98 Å². The van der Waals surface area contributed by atoms with Crippen LogP contribution in [0.5, 0.6) is 0 Å². The highest BCUT2D eigenvalue weighted by atomic mass is 79.9. The number of rotatable bonds is 4. The van der Waals surface area contributed by atoms with Gasteiger partial charge in [-0.3, -0.25) is 4.79 Å². The van der Waals surface area contributed by atoms with E-state index in [1.54, 1.807) is 18.2 Å². The lowest BCUT2D eigenvalue weighted by atomic mass is 9.94. The lowest BCUT2D eigenvalue weighted by Gasteiger charge is -2.32. The van der Waals surface area contributed by atoms with Crippen molar-refractivity contribution in [2.45, 2.75) is 19.3 Å². The molecule has 5 nitrogen and oxygen atoms in total. The largest absolute Gasteiger partial charge is 0.339 e. The van der Waals surface area contributed by atoms with E-state index in [0.717, 1.165) is 23.9 Å². The zero-order chi connectivity index (χ0) is 19.5. The molecule has 144 valence electrons. The van der Waals surface area contributed by atoms with Crippen molar-refractivity contribution in [3.05, 3.63) is 70.3 Å². The highest BCUT2D eigenvalue weighted by Gasteiger charge is 2.27. The predicted octanol–water partition coefficient (Wildman–Crippen LogP) is 4.73. The fraction of sp³-hybridized carbons (Fsp3) is 0.286. The molecular weight excluding hydrogens is 425 g/mol. The SMILES string of the molecule is O=C(c1ccccc1Br)N1CCCC(Cc2nc(-c3ccccc3F)no2)C1. The van der Waals surface area contributed by atoms with Gasteiger partial charge < -0.3 is 9.42 Å². The van der Waals surface area contributed by atoms with Crippen molar-refractivity contribution in [2.24, 2.45) is 5.92 Å². The Hall–Kier alpha value is -2.54. The van der Waals surface area contributed by atoms with Crippen LogP contribution in [0.1, 0.15) is 29.1 Å². The van der Waals surface area contributed by atoms with Crippen LogP contribution >= 0.6 is 15.9 Å². The molecule has 0 N–H and O–H groups in total. The number of benzene rings is 2. The van der Waals surface area contributed by atoms with E-state index in [1.807, 2.05) is 29.2 Å². The van der Waals surface area contributed by atoms with Crippen molar-refractivity contribution in [3.8, 4) is 11.4 Å². The fourth-order valence-corrected chi connectivity index (χ4v) is 4.01. The zero-order valence-corrected chi connectivity index (χ0v) is 16.7. The van der Waals surface area contributed by atoms with Crippen LogP contribution in [0.3, 0.4) is 0 Å². The predicted molar refractivity (Wildman–Crippen MR) is 106 cm³/mol. The quantitative estimate of drug-likeness (QED) is 0.584. The molecule has 0 bridgehead atoms. The molecule has 28 heavy (non-hydrogen) atoms. The molecule has 3 aromatic rings. The first-order valence-corrected chi connectivity index (χ1v) is 10.0. The summed E-state index contributed by atoms with van der Waals surface area (Å²) in [4.78, 5) is 19.1. The van der Waals surface area contributed by atoms with Crippen LogP contribution in [0.25, 0.3) is 11.4 Å². The molecule has 0 radical (unpaired) electrons. The van der Waals surface area contributed by atoms with Crippen molar-refractivity contribution in [2.75, 3.05) is 13.1 Å². The maximum Gasteiger partial charge on any atom is 0.255 e. The molecular formula is C21H19BrFN3O2. The maximum absolute atomic E-state index is 13.9. The van der Waals surface area contributed by atoms with Crippen LogP contribution in [0, 0.1) is 11.7 Å². The molecule has 1 atom stereocenters. The van der Waals surface area contributed by atoms with Crippen LogP contribution in [0.4, 0.5) is 4.39 Å². The molecule has 7 heteroatoms. The number of likely N-dealkylation sites (tertiary alicyclic amines) is 1. The second-order valence-electron chi connectivity index (χ2n) is 6.93. The molecule has 0 spiro atoms. The van der Waals surface area contributed by atoms with Gasteiger partial charge in [0.15, 0.2) is 0 Å². The standard InChI is InChI=1S/C21H19BrFN3O2/c22-17-9-3-1-7-15(17)21(27)26-11-5-6-14(13-26)12-19-24-20(25-28-19)16-8-2-4-10-18(16)23/h1-4,7-10,14H,5-6,11-13H2. The van der Waals surface area contributed by atoms with Gasteiger partial charge >= 0.3 is 0 Å². The van der Waals surface area contributed by atoms with Gasteiger partial charge in [-0.25, -0.2) is 4.39 Å². The first kappa shape index (κ1) is 18.8. The van der Waals surface area contributed by atoms with Crippen molar-refractivity contribution < 1.29 is 13.7 Å². The van der Waals surface area contributed by atoms with E-state index in [0.29, 0.717) is 30.0 Å². The van der Waals surface area contributed by atoms with Gasteiger partial charge in [0.05, 0.1) is 11.1 Å². The topological polar surface area (TPSA) is 59.2 Å². The lowest BCUT2D eigenvalue weighted by Crippen LogP contribution is -2.40. The maximum atomic E-state index is 13.9. The number of carbonyl (C=O) groups excluding carboxylic acids is 1. The number of amides is 1. The Kier molecular flexibility index (Phi) is 5.52. The second kappa shape index (κ2) is 8.22. The molecule has 1 fully saturated rings. The van der Waals surface area contributed by atoms with Crippen LogP contribution < -0.4 is 0 Å². The first-order valence-electron chi connectivity index (χ1n) is 9.23. The van der Waals surface area contributed by atoms with Crippen molar-refractivity contribution >= 4 is 21.8 Å². The van der Waals surface area contributed by atoms with Crippen molar-refractivity contribution in [3.63, 3.8) is 0 Å². The molecule has 1 amide bonds. The van der Waals surface area contributed by atoms with Gasteiger partial charge in [-0.05, 0) is 59.0 Å². The van der Waals surface area contributed by atoms with Crippen molar-refractivity contribution in [1.82, 2.24) is 15.0 Å². The number of carbonyl (C=O) groups is 1. The summed E-state index contributed by atoms with van der Waals surface area (Å²) in [5.41, 5.74) is 0.995. The number of halogens is 2. The van der Waals surface area contributed by atoms with Gasteiger partial charge in [0.2, 0.25) is 11.7 Å². The van der Waals surface area contributed by atoms with E-state index >= 15 is 0 Å². The van der Waals surface area contributed by atoms with E-state index in [2.05, 4.69) is 26.1 Å². The minimum atomic E-state index is -0.377. The molecule has 0 aliphatic carbocycles. The molecule has 0 saturated carbocycles. The van der Waals surface area contributed by atoms with E-state index < -0.39 is 0 Å². The first-order chi connectivity index (χ1) is 13.6. The minimum Gasteiger partial charge on any atom is -0.339 e. The fourth-order valence-electron chi connectivity index (χ4n) is 3.56. The van der Waals surface area contributed by atoms with Gasteiger partial charge in [0.1, 0.15) is 5.82 Å². The monoisotopic (exact) mass is 443 g/mol. The molecule has 2 heterocycles. The Morgan fingerprint density at radius 1 is 1.21 bits per heavy atom. The molecule has 1 aliphatic heterocycles. The Labute approximate surface area is 170 Å². The third-order valence-electron chi connectivity index (χ3n) is 4.96. The third kappa shape index (κ3) is 3.99. The molecule has 4 rings (SSSR count). The van der Waals surface area contributed by atoms with E-state index in [4.69, 9.17) is 4.52 Å². The van der Waals surface area contributed by atoms with Crippen LogP contribution in [0.15, 0.2) is 57.5 Å². The summed E-state index contributed by atoms with van der Waals surface area (Å²) in [6.07, 6.45) is 2.48.